The van der Waals surface area contributed by atoms with E-state index in [1.54, 1.807) is 69.6 Å². The topological polar surface area (TPSA) is 415 Å². The fraction of sp³-hybridized carbons (Fsp3) is 0.892. The lowest BCUT2D eigenvalue weighted by molar-refractivity contribution is -0.156. The maximum Gasteiger partial charge on any atom is 0.311 e. The lowest BCUT2D eigenvalue weighted by Crippen LogP contribution is -2.26. The molecule has 4 N–H and O–H groups in total. The number of hydrogen-bond donors (Lipinski definition) is 4. The van der Waals surface area contributed by atoms with Crippen molar-refractivity contribution >= 4 is 72.6 Å². The molecule has 141 heavy (non-hydrogen) atoms. The molecule has 30 heteroatoms. The minimum absolute atomic E-state index is 0.0556. The van der Waals surface area contributed by atoms with E-state index < -0.39 is 23.0 Å². The maximum atomic E-state index is 11.1. The molecule has 0 aliphatic rings. The van der Waals surface area contributed by atoms with Crippen molar-refractivity contribution in [2.24, 2.45) is 34.0 Å². The molecule has 0 amide bonds. The van der Waals surface area contributed by atoms with Crippen molar-refractivity contribution < 1.29 is 144 Å². The van der Waals surface area contributed by atoms with Gasteiger partial charge in [0.2, 0.25) is 0 Å². The number of carbonyl (C=O) groups is 12. The first-order valence-electron chi connectivity index (χ1n) is 51.9. The van der Waals surface area contributed by atoms with Crippen LogP contribution in [0.5, 0.6) is 0 Å². The number of esters is 8. The Morgan fingerprint density at radius 2 is 0.667 bits per heavy atom. The molecule has 0 saturated heterocycles. The van der Waals surface area contributed by atoms with Gasteiger partial charge in [-0.05, 0) is 309 Å². The van der Waals surface area contributed by atoms with E-state index in [-0.39, 0.29) is 129 Å². The van der Waals surface area contributed by atoms with Crippen molar-refractivity contribution in [3.63, 3.8) is 0 Å². The molecule has 0 aromatic heterocycles. The summed E-state index contributed by atoms with van der Waals surface area (Å²) in [5, 5.41) is 33.8. The third-order valence-corrected chi connectivity index (χ3v) is 21.6. The molecule has 0 fully saturated rings. The number of aliphatic hydroxyl groups excluding tert-OH is 1. The fourth-order valence-corrected chi connectivity index (χ4v) is 5.32. The summed E-state index contributed by atoms with van der Waals surface area (Å²) >= 11 is 0. The van der Waals surface area contributed by atoms with E-state index in [1.807, 2.05) is 228 Å². The van der Waals surface area contributed by atoms with Crippen LogP contribution in [0.3, 0.4) is 0 Å². The number of hydrogen-bond acceptors (Lipinski definition) is 28. The Morgan fingerprint density at radius 3 is 0.809 bits per heavy atom. The van der Waals surface area contributed by atoms with Gasteiger partial charge in [0.1, 0.15) is 16.8 Å². The van der Waals surface area contributed by atoms with Crippen LogP contribution in [0.4, 0.5) is 0 Å². The Labute approximate surface area is 867 Å². The van der Waals surface area contributed by atoms with Crippen molar-refractivity contribution in [2.45, 2.75) is 566 Å². The molecule has 0 aromatic carbocycles. The first-order chi connectivity index (χ1) is 64.2. The van der Waals surface area contributed by atoms with Gasteiger partial charge in [0.05, 0.1) is 115 Å². The molecule has 0 aromatic rings. The van der Waals surface area contributed by atoms with Crippen molar-refractivity contribution in [1.82, 2.24) is 0 Å². The molecule has 0 saturated carbocycles. The quantitative estimate of drug-likeness (QED) is 0.0250. The summed E-state index contributed by atoms with van der Waals surface area (Å²) in [6, 6.07) is 0. The first-order valence-corrected chi connectivity index (χ1v) is 51.9. The molecule has 0 aliphatic heterocycles. The van der Waals surface area contributed by atoms with E-state index in [0.29, 0.717) is 57.6 Å². The second-order valence-corrected chi connectivity index (χ2v) is 38.5. The highest BCUT2D eigenvalue weighted by atomic mass is 16.6. The molecule has 30 nitrogen and oxygen atoms in total. The first kappa shape index (κ1) is 177. The Kier molecular flexibility index (Phi) is 140. The van der Waals surface area contributed by atoms with Crippen LogP contribution in [-0.2, 0) is 124 Å². The van der Waals surface area contributed by atoms with Gasteiger partial charge in [-0.25, -0.2) is 0 Å². The number of carboxylic acid groups (broad SMARTS) is 2. The molecule has 0 bridgehead atoms. The summed E-state index contributed by atoms with van der Waals surface area (Å²) in [7, 11) is 6.30. The van der Waals surface area contributed by atoms with Crippen LogP contribution in [0.2, 0.25) is 0 Å². The van der Waals surface area contributed by atoms with Gasteiger partial charge in [-0.15, -0.1) is 0 Å². The van der Waals surface area contributed by atoms with Crippen molar-refractivity contribution in [3.8, 4) is 0 Å². The van der Waals surface area contributed by atoms with E-state index in [4.69, 9.17) is 72.5 Å². The largest absolute Gasteiger partial charge is 0.481 e. The van der Waals surface area contributed by atoms with Gasteiger partial charge < -0.3 is 86.7 Å². The monoisotopic (exact) mass is 2050 g/mol. The lowest BCUT2D eigenvalue weighted by atomic mass is 9.91. The van der Waals surface area contributed by atoms with E-state index in [1.165, 1.54) is 28.1 Å². The number of aliphatic hydroxyl groups is 2. The number of aliphatic carboxylic acids is 2. The van der Waals surface area contributed by atoms with Crippen molar-refractivity contribution in [3.05, 3.63) is 0 Å². The predicted octanol–water partition coefficient (Wildman–Crippen LogP) is 27.5. The smallest absolute Gasteiger partial charge is 0.311 e. The van der Waals surface area contributed by atoms with Gasteiger partial charge in [-0.1, -0.05) is 159 Å². The number of carboxylic acids is 2. The molecule has 9 atom stereocenters. The summed E-state index contributed by atoms with van der Waals surface area (Å²) in [6.45, 7) is 105. The Balaban J connectivity index is -0.0000000712. The zero-order valence-electron chi connectivity index (χ0n) is 102. The van der Waals surface area contributed by atoms with Gasteiger partial charge >= 0.3 is 59.7 Å². The predicted molar refractivity (Wildman–Crippen MR) is 580 cm³/mol. The Morgan fingerprint density at radius 1 is 0.326 bits per heavy atom. The van der Waals surface area contributed by atoms with Crippen LogP contribution in [0, 0.1) is 34.0 Å². The van der Waals surface area contributed by atoms with E-state index in [2.05, 4.69) is 83.4 Å². The van der Waals surface area contributed by atoms with Gasteiger partial charge in [-0.3, -0.25) is 57.5 Å². The summed E-state index contributed by atoms with van der Waals surface area (Å²) in [6.07, 6.45) is 18.0. The van der Waals surface area contributed by atoms with Crippen molar-refractivity contribution in [1.29, 1.82) is 0 Å². The van der Waals surface area contributed by atoms with Crippen LogP contribution in [0.15, 0.2) is 0 Å². The summed E-state index contributed by atoms with van der Waals surface area (Å²) in [4.78, 5) is 125. The average Bonchev–Trinajstić information content (AvgIpc) is 0.893. The summed E-state index contributed by atoms with van der Waals surface area (Å²) in [5.74, 6) is -2.56. The molecule has 9 unspecified atom stereocenters. The molecule has 0 radical (unpaired) electrons. The normalized spacial score (nSPS) is 12.3. The number of ether oxygens (including phenoxy) is 14. The Bertz CT molecular complexity index is 2790. The SMILES string of the molecule is CCC(=O)OC(C)(C)CC.CCC(=O)OC(C)CC.CCC(C)(C)C(=O)O.CCC(C)(C)C(=O)OC.CCC(C)(C)O.CCC(C)(C)OC.CCC(C)(C)OC(C)=O.CCC(C)(C)OC=O.CCC(C)C(=O)O.CCC(C)C(=O)OC.CCC(C)O.CCC(C)OC.CCC(C)OC(C)=O.CCC(C)OC=O.CCOC(=O)C(C)(C)CC.CCOC(=O)C(C)CC.CCOC(C)(C)CC.CCOC(C)CC. The van der Waals surface area contributed by atoms with Crippen LogP contribution in [0.25, 0.3) is 0 Å². The van der Waals surface area contributed by atoms with Gasteiger partial charge in [0.25, 0.3) is 12.9 Å². The van der Waals surface area contributed by atoms with Gasteiger partial charge in [0, 0.05) is 54.1 Å². The highest BCUT2D eigenvalue weighted by molar-refractivity contribution is 5.76. The van der Waals surface area contributed by atoms with E-state index in [9.17, 15) is 57.5 Å². The Hall–Kier alpha value is -6.60. The van der Waals surface area contributed by atoms with E-state index >= 15 is 0 Å². The highest BCUT2D eigenvalue weighted by Crippen LogP contribution is 2.23. The molecule has 858 valence electrons. The third kappa shape index (κ3) is 162. The van der Waals surface area contributed by atoms with E-state index in [0.717, 1.165) is 122 Å². The summed E-state index contributed by atoms with van der Waals surface area (Å²) < 4.78 is 68.1. The molecule has 0 spiro atoms. The fourth-order valence-electron chi connectivity index (χ4n) is 5.32. The third-order valence-electron chi connectivity index (χ3n) is 21.6. The van der Waals surface area contributed by atoms with Crippen LogP contribution < -0.4 is 0 Å². The van der Waals surface area contributed by atoms with Crippen molar-refractivity contribution in [2.75, 3.05) is 54.9 Å². The minimum atomic E-state index is -0.722. The van der Waals surface area contributed by atoms with Crippen LogP contribution in [-0.4, -0.2) is 218 Å². The molecule has 0 rings (SSSR count). The number of methoxy groups -OCH3 is 4. The molecule has 0 heterocycles. The molecule has 0 aliphatic carbocycles. The zero-order valence-corrected chi connectivity index (χ0v) is 102. The molecular formula is C111H234O30. The average molecular weight is 2050 g/mol. The number of carbonyl (C=O) groups excluding carboxylic acids is 10. The van der Waals surface area contributed by atoms with Gasteiger partial charge in [-0.2, -0.15) is 0 Å². The maximum absolute atomic E-state index is 11.1. The zero-order chi connectivity index (χ0) is 117. The lowest BCUT2D eigenvalue weighted by Gasteiger charge is -2.22. The van der Waals surface area contributed by atoms with Crippen LogP contribution in [0.1, 0.15) is 495 Å². The second-order valence-electron chi connectivity index (χ2n) is 38.5. The second kappa shape index (κ2) is 112. The number of rotatable bonds is 42. The molecular weight excluding hydrogens is 1810 g/mol. The van der Waals surface area contributed by atoms with Gasteiger partial charge in [0.15, 0.2) is 0 Å². The highest BCUT2D eigenvalue weighted by Gasteiger charge is 2.28. The summed E-state index contributed by atoms with van der Waals surface area (Å²) in [5.41, 5.74) is -2.29. The van der Waals surface area contributed by atoms with Crippen LogP contribution >= 0.6 is 0 Å². The standard InChI is InChI=1S/2C8H16O2.4C7H14O2.C7H16O.4C6H12O2.2C6H14O.2C5H10O2.2C5H12O.C4H10O/c1-5-8(3,4)7(9)10-6-2;1-5-7(9)10-8(3,4)6-2;1-5-7(2,3)6(8)9-4;1-5-7(3,4)9-6(2)8;1-4-6(3)7(8)9-5-2;1-4-6(3)9-7(8)5-2;1-5-7(3,4)8-6-2;1-4-6(2,3)8-5-7;1-4-6(2,3)5(7)8;1-4-5(2)6(7)8-3;1-4-5(2)8-6(3)7;1-5-6(2,3)7-4;1-4-6(3)7-5-2;1-3-5(2)7-4-6;1-3-4(2)5(6)7;1-4-5(2)6-3;1-4-5(2,3)6;1-3-4(2)5/h2*5-6H2,1-4H3;2*5H2,1-4H3;2*6H,4-5H2,1-3H3;5-6H2,1-4H3;5H,4H2,1-3H3;4H2,1-3H3,(H,7,8);2*5H,4H2,1-3H3;5H2,1-4H3;6H,4-5H2,1-3H3;4-5H,3H2,1-2H3;4H,3H2,1-2H3,(H,6,7);5H,4H2,1-3H3;6H,4H2,1-3H3;4-5H,3H2,1-2H3. The minimum Gasteiger partial charge on any atom is -0.481 e.